The fourth-order valence-corrected chi connectivity index (χ4v) is 3.75. The van der Waals surface area contributed by atoms with Crippen molar-refractivity contribution in [1.82, 2.24) is 9.62 Å². The van der Waals surface area contributed by atoms with Crippen molar-refractivity contribution in [3.05, 3.63) is 63.6 Å². The molecule has 2 rings (SSSR count). The zero-order valence-corrected chi connectivity index (χ0v) is 16.9. The van der Waals surface area contributed by atoms with Gasteiger partial charge in [0.05, 0.1) is 39.2 Å². The highest BCUT2D eigenvalue weighted by molar-refractivity contribution is 7.89. The van der Waals surface area contributed by atoms with Crippen molar-refractivity contribution in [3.8, 4) is 6.07 Å². The normalized spacial score (nSPS) is 12.4. The molecule has 1 amide bonds. The molecule has 27 heavy (non-hydrogen) atoms. The van der Waals surface area contributed by atoms with Gasteiger partial charge in [0.2, 0.25) is 15.9 Å². The number of nitriles is 1. The van der Waals surface area contributed by atoms with E-state index >= 15 is 0 Å². The maximum atomic E-state index is 12.5. The fourth-order valence-electron chi connectivity index (χ4n) is 2.32. The highest BCUT2D eigenvalue weighted by Crippen LogP contribution is 2.25. The Labute approximate surface area is 168 Å². The molecule has 0 aliphatic carbocycles. The van der Waals surface area contributed by atoms with E-state index in [4.69, 9.17) is 28.5 Å². The number of hydrogen-bond acceptors (Lipinski definition) is 4. The summed E-state index contributed by atoms with van der Waals surface area (Å²) in [4.78, 5) is 12.3. The average Bonchev–Trinajstić information content (AvgIpc) is 2.63. The van der Waals surface area contributed by atoms with Gasteiger partial charge in [-0.05, 0) is 48.9 Å². The van der Waals surface area contributed by atoms with Crippen LogP contribution in [-0.4, -0.2) is 32.2 Å². The lowest BCUT2D eigenvalue weighted by Gasteiger charge is -2.19. The minimum Gasteiger partial charge on any atom is -0.348 e. The molecule has 1 N–H and O–H groups in total. The van der Waals surface area contributed by atoms with Crippen molar-refractivity contribution in [2.24, 2.45) is 0 Å². The molecule has 6 nitrogen and oxygen atoms in total. The summed E-state index contributed by atoms with van der Waals surface area (Å²) in [6, 6.07) is 12.0. The van der Waals surface area contributed by atoms with Crippen LogP contribution < -0.4 is 5.32 Å². The quantitative estimate of drug-likeness (QED) is 0.767. The van der Waals surface area contributed by atoms with Gasteiger partial charge in [-0.2, -0.15) is 9.57 Å². The highest BCUT2D eigenvalue weighted by Gasteiger charge is 2.23. The molecule has 1 unspecified atom stereocenters. The van der Waals surface area contributed by atoms with Gasteiger partial charge in [-0.1, -0.05) is 29.3 Å². The van der Waals surface area contributed by atoms with E-state index in [9.17, 15) is 13.2 Å². The molecule has 0 spiro atoms. The monoisotopic (exact) mass is 425 g/mol. The maximum absolute atomic E-state index is 12.5. The Morgan fingerprint density at radius 1 is 1.19 bits per heavy atom. The number of amides is 1. The minimum atomic E-state index is -3.85. The lowest BCUT2D eigenvalue weighted by Crippen LogP contribution is -2.39. The number of halogens is 2. The largest absolute Gasteiger partial charge is 0.348 e. The summed E-state index contributed by atoms with van der Waals surface area (Å²) in [5.74, 6) is -0.465. The van der Waals surface area contributed by atoms with Gasteiger partial charge in [0.1, 0.15) is 0 Å². The molecule has 0 bridgehead atoms. The van der Waals surface area contributed by atoms with E-state index in [1.165, 1.54) is 31.3 Å². The van der Waals surface area contributed by atoms with Gasteiger partial charge >= 0.3 is 0 Å². The van der Waals surface area contributed by atoms with Crippen LogP contribution in [0.5, 0.6) is 0 Å². The second-order valence-electron chi connectivity index (χ2n) is 5.86. The Morgan fingerprint density at radius 2 is 1.81 bits per heavy atom. The number of carbonyl (C=O) groups excluding carboxylic acids is 1. The van der Waals surface area contributed by atoms with Crippen LogP contribution in [0.15, 0.2) is 47.4 Å². The molecule has 142 valence electrons. The first-order valence-corrected chi connectivity index (χ1v) is 10.1. The zero-order valence-electron chi connectivity index (χ0n) is 14.6. The van der Waals surface area contributed by atoms with Crippen LogP contribution in [-0.2, 0) is 14.8 Å². The Kier molecular flexibility index (Phi) is 6.84. The van der Waals surface area contributed by atoms with E-state index in [1.807, 2.05) is 6.07 Å². The van der Waals surface area contributed by atoms with Crippen LogP contribution in [0.2, 0.25) is 10.0 Å². The van der Waals surface area contributed by atoms with Gasteiger partial charge in [0.25, 0.3) is 0 Å². The van der Waals surface area contributed by atoms with Gasteiger partial charge in [-0.15, -0.1) is 0 Å². The summed E-state index contributed by atoms with van der Waals surface area (Å²) in [6.45, 7) is 1.40. The van der Waals surface area contributed by atoms with Gasteiger partial charge in [-0.25, -0.2) is 8.42 Å². The van der Waals surface area contributed by atoms with E-state index < -0.39 is 15.9 Å². The van der Waals surface area contributed by atoms with E-state index in [-0.39, 0.29) is 17.5 Å². The molecule has 0 saturated heterocycles. The van der Waals surface area contributed by atoms with Crippen LogP contribution in [0, 0.1) is 11.3 Å². The van der Waals surface area contributed by atoms with Crippen LogP contribution >= 0.6 is 23.2 Å². The predicted molar refractivity (Wildman–Crippen MR) is 104 cm³/mol. The minimum absolute atomic E-state index is 0.00864. The molecule has 0 saturated carbocycles. The van der Waals surface area contributed by atoms with Gasteiger partial charge in [0.15, 0.2) is 0 Å². The van der Waals surface area contributed by atoms with Crippen LogP contribution in [0.1, 0.15) is 24.1 Å². The molecule has 9 heteroatoms. The van der Waals surface area contributed by atoms with Gasteiger partial charge in [0, 0.05) is 7.05 Å². The Morgan fingerprint density at radius 3 is 2.37 bits per heavy atom. The Balaban J connectivity index is 2.05. The smallest absolute Gasteiger partial charge is 0.243 e. The lowest BCUT2D eigenvalue weighted by atomic mass is 10.1. The summed E-state index contributed by atoms with van der Waals surface area (Å²) < 4.78 is 26.0. The maximum Gasteiger partial charge on any atom is 0.243 e. The number of carbonyl (C=O) groups is 1. The number of hydrogen-bond donors (Lipinski definition) is 1. The SMILES string of the molecule is CC(NC(=O)CN(C)S(=O)(=O)c1ccc(C#N)cc1)c1ccc(Cl)c(Cl)c1. The van der Waals surface area contributed by atoms with Crippen molar-refractivity contribution in [2.45, 2.75) is 17.9 Å². The molecular formula is C18H17Cl2N3O3S. The first-order valence-electron chi connectivity index (χ1n) is 7.86. The predicted octanol–water partition coefficient (Wildman–Crippen LogP) is 3.36. The first kappa shape index (κ1) is 21.2. The molecule has 0 aromatic heterocycles. The number of rotatable bonds is 6. The summed E-state index contributed by atoms with van der Waals surface area (Å²) in [7, 11) is -2.53. The van der Waals surface area contributed by atoms with Crippen LogP contribution in [0.25, 0.3) is 0 Å². The van der Waals surface area contributed by atoms with E-state index in [0.29, 0.717) is 15.6 Å². The van der Waals surface area contributed by atoms with Crippen molar-refractivity contribution in [3.63, 3.8) is 0 Å². The first-order chi connectivity index (χ1) is 12.6. The van der Waals surface area contributed by atoms with E-state index in [2.05, 4.69) is 5.32 Å². The van der Waals surface area contributed by atoms with Crippen LogP contribution in [0.4, 0.5) is 0 Å². The third-order valence-electron chi connectivity index (χ3n) is 3.88. The molecule has 0 aliphatic rings. The fraction of sp³-hybridized carbons (Fsp3) is 0.222. The molecule has 2 aromatic rings. The van der Waals surface area contributed by atoms with Gasteiger partial charge < -0.3 is 5.32 Å². The summed E-state index contributed by atoms with van der Waals surface area (Å²) in [5, 5.41) is 12.3. The van der Waals surface area contributed by atoms with Gasteiger partial charge in [-0.3, -0.25) is 4.79 Å². The van der Waals surface area contributed by atoms with Crippen molar-refractivity contribution in [2.75, 3.05) is 13.6 Å². The third kappa shape index (κ3) is 5.21. The molecule has 2 aromatic carbocycles. The summed E-state index contributed by atoms with van der Waals surface area (Å²) >= 11 is 11.9. The molecular weight excluding hydrogens is 409 g/mol. The zero-order chi connectivity index (χ0) is 20.2. The molecule has 0 fully saturated rings. The van der Waals surface area contributed by atoms with E-state index in [0.717, 1.165) is 9.87 Å². The standard InChI is InChI=1S/C18H17Cl2N3O3S/c1-12(14-5-8-16(19)17(20)9-14)22-18(24)11-23(2)27(25,26)15-6-3-13(10-21)4-7-15/h3-9,12H,11H2,1-2H3,(H,22,24). The second kappa shape index (κ2) is 8.72. The summed E-state index contributed by atoms with van der Waals surface area (Å²) in [5.41, 5.74) is 1.10. The Bertz CT molecular complexity index is 986. The molecule has 0 aliphatic heterocycles. The number of nitrogens with zero attached hydrogens (tertiary/aromatic N) is 2. The number of likely N-dealkylation sites (N-methyl/N-ethyl adjacent to an activating group) is 1. The highest BCUT2D eigenvalue weighted by atomic mass is 35.5. The average molecular weight is 426 g/mol. The van der Waals surface area contributed by atoms with Crippen LogP contribution in [0.3, 0.4) is 0 Å². The van der Waals surface area contributed by atoms with Crippen molar-refractivity contribution in [1.29, 1.82) is 5.26 Å². The number of sulfonamides is 1. The molecule has 0 radical (unpaired) electrons. The second-order valence-corrected chi connectivity index (χ2v) is 8.72. The molecule has 1 atom stereocenters. The summed E-state index contributed by atoms with van der Waals surface area (Å²) in [6.07, 6.45) is 0. The van der Waals surface area contributed by atoms with Crippen molar-refractivity contribution < 1.29 is 13.2 Å². The molecule has 0 heterocycles. The topological polar surface area (TPSA) is 90.3 Å². The Hall–Kier alpha value is -2.11. The number of benzene rings is 2. The lowest BCUT2D eigenvalue weighted by molar-refractivity contribution is -0.121. The number of nitrogens with one attached hydrogen (secondary N) is 1. The van der Waals surface area contributed by atoms with Crippen molar-refractivity contribution >= 4 is 39.1 Å². The third-order valence-corrected chi connectivity index (χ3v) is 6.44. The van der Waals surface area contributed by atoms with E-state index in [1.54, 1.807) is 25.1 Å².